The van der Waals surface area contributed by atoms with Crippen molar-refractivity contribution in [3.63, 3.8) is 0 Å². The van der Waals surface area contributed by atoms with Crippen molar-refractivity contribution in [1.29, 1.82) is 0 Å². The molecule has 0 heterocycles. The molecule has 4 amide bonds. The summed E-state index contributed by atoms with van der Waals surface area (Å²) in [6.07, 6.45) is -0.480. The molecule has 0 bridgehead atoms. The van der Waals surface area contributed by atoms with Crippen molar-refractivity contribution in [2.75, 3.05) is 32.9 Å². The van der Waals surface area contributed by atoms with E-state index in [9.17, 15) is 19.2 Å². The van der Waals surface area contributed by atoms with E-state index >= 15 is 0 Å². The van der Waals surface area contributed by atoms with E-state index in [-0.39, 0.29) is 50.6 Å². The number of hydrogen-bond donors (Lipinski definition) is 3. The highest BCUT2D eigenvalue weighted by molar-refractivity contribution is 9.10. The van der Waals surface area contributed by atoms with Gasteiger partial charge in [0.05, 0.1) is 13.1 Å². The average Bonchev–Trinajstić information content (AvgIpc) is 4.02. The lowest BCUT2D eigenvalue weighted by molar-refractivity contribution is -0.161. The largest absolute Gasteiger partial charge is 0.449 e. The lowest BCUT2D eigenvalue weighted by Crippen LogP contribution is -2.58. The Balaban J connectivity index is 1.17. The average molecular weight is 842 g/mol. The van der Waals surface area contributed by atoms with Gasteiger partial charge < -0.3 is 39.8 Å². The third-order valence-corrected chi connectivity index (χ3v) is 10.4. The number of hydrogen-bond acceptors (Lipinski definition) is 8. The van der Waals surface area contributed by atoms with Crippen LogP contribution in [0, 0.1) is 0 Å². The minimum absolute atomic E-state index is 0.0256. The predicted octanol–water partition coefficient (Wildman–Crippen LogP) is 6.70. The number of rotatable bonds is 19. The van der Waals surface area contributed by atoms with Crippen molar-refractivity contribution in [1.82, 2.24) is 20.9 Å². The molecule has 0 aliphatic heterocycles. The zero-order valence-corrected chi connectivity index (χ0v) is 33.7. The van der Waals surface area contributed by atoms with Gasteiger partial charge in [0.15, 0.2) is 6.29 Å². The fourth-order valence-electron chi connectivity index (χ4n) is 6.97. The molecule has 300 valence electrons. The summed E-state index contributed by atoms with van der Waals surface area (Å²) >= 11 is 3.46. The maximum absolute atomic E-state index is 14.4. The van der Waals surface area contributed by atoms with Gasteiger partial charge in [-0.2, -0.15) is 0 Å². The number of benzene rings is 4. The number of nitrogens with one attached hydrogen (secondary N) is 3. The van der Waals surface area contributed by atoms with Crippen molar-refractivity contribution < 1.29 is 38.1 Å². The third-order valence-electron chi connectivity index (χ3n) is 9.90. The van der Waals surface area contributed by atoms with E-state index in [1.807, 2.05) is 105 Å². The Labute approximate surface area is 341 Å². The van der Waals surface area contributed by atoms with Crippen LogP contribution in [0.1, 0.15) is 54.9 Å². The van der Waals surface area contributed by atoms with Crippen molar-refractivity contribution in [3.8, 4) is 11.1 Å². The number of nitrogens with zero attached hydrogens (tertiary/aromatic N) is 1. The van der Waals surface area contributed by atoms with Crippen molar-refractivity contribution in [2.45, 2.75) is 70.1 Å². The molecular weight excluding hydrogens is 792 g/mol. The Bertz CT molecular complexity index is 1930. The molecule has 0 spiro atoms. The summed E-state index contributed by atoms with van der Waals surface area (Å²) in [4.78, 5) is 56.7. The summed E-state index contributed by atoms with van der Waals surface area (Å²) in [5.74, 6) is -1.17. The molecule has 4 aromatic rings. The Morgan fingerprint density at radius 1 is 0.719 bits per heavy atom. The normalized spacial score (nSPS) is 14.2. The number of carbonyl (C=O) groups excluding carboxylic acids is 4. The van der Waals surface area contributed by atoms with Gasteiger partial charge in [0, 0.05) is 36.1 Å². The molecule has 0 saturated heterocycles. The van der Waals surface area contributed by atoms with Crippen molar-refractivity contribution >= 4 is 39.9 Å². The predicted molar refractivity (Wildman–Crippen MR) is 218 cm³/mol. The van der Waals surface area contributed by atoms with Crippen LogP contribution >= 0.6 is 15.9 Å². The molecule has 13 heteroatoms. The minimum atomic E-state index is -1.33. The van der Waals surface area contributed by atoms with Gasteiger partial charge in [-0.1, -0.05) is 107 Å². The van der Waals surface area contributed by atoms with E-state index in [2.05, 4.69) is 44.0 Å². The van der Waals surface area contributed by atoms with Crippen LogP contribution in [0.5, 0.6) is 0 Å². The number of alkyl carbamates (subject to hydrolysis) is 2. The highest BCUT2D eigenvalue weighted by Crippen LogP contribution is 2.44. The first-order chi connectivity index (χ1) is 27.7. The SMILES string of the molecule is CCOC(CN(C(=O)C(Cc1ccc(Br)cc1)NC(=O)C(CNC(=O)OCC1c2ccccc2-c2ccccc21)NC(=O)OCc1ccccc1)C1CC1)OCC. The van der Waals surface area contributed by atoms with Gasteiger partial charge in [0.2, 0.25) is 11.8 Å². The molecule has 6 rings (SSSR count). The summed E-state index contributed by atoms with van der Waals surface area (Å²) in [7, 11) is 0. The summed E-state index contributed by atoms with van der Waals surface area (Å²) < 4.78 is 23.6. The molecule has 2 aliphatic carbocycles. The molecular formula is C44H49BrN4O8. The fraction of sp³-hybridized carbons (Fsp3) is 0.364. The first kappa shape index (κ1) is 41.4. The Hall–Kier alpha value is -5.24. The molecule has 2 aliphatic rings. The topological polar surface area (TPSA) is 145 Å². The Kier molecular flexibility index (Phi) is 14.7. The standard InChI is InChI=1S/C44H49BrN4O8/c1-3-54-40(55-4-2)26-49(32-22-23-32)42(51)38(24-29-18-20-31(45)21-19-29)47-41(50)39(48-44(53)56-27-30-12-6-5-7-13-30)25-46-43(52)57-28-37-35-16-10-8-14-33(35)34-15-9-11-17-36(34)37/h5-21,32,37-40H,3-4,22-28H2,1-2H3,(H,46,52)(H,47,50)(H,48,53). The van der Waals surface area contributed by atoms with Gasteiger partial charge in [0.25, 0.3) is 0 Å². The quantitative estimate of drug-likeness (QED) is 0.0886. The van der Waals surface area contributed by atoms with E-state index in [1.54, 1.807) is 4.90 Å². The van der Waals surface area contributed by atoms with E-state index in [1.165, 1.54) is 0 Å². The highest BCUT2D eigenvalue weighted by Gasteiger charge is 2.39. The van der Waals surface area contributed by atoms with Gasteiger partial charge in [-0.05, 0) is 72.2 Å². The van der Waals surface area contributed by atoms with E-state index in [4.69, 9.17) is 18.9 Å². The molecule has 0 radical (unpaired) electrons. The number of amides is 4. The van der Waals surface area contributed by atoms with E-state index in [0.717, 1.165) is 50.7 Å². The lowest BCUT2D eigenvalue weighted by atomic mass is 9.98. The smallest absolute Gasteiger partial charge is 0.408 e. The second-order valence-electron chi connectivity index (χ2n) is 13.9. The Morgan fingerprint density at radius 2 is 1.33 bits per heavy atom. The molecule has 0 aromatic heterocycles. The molecule has 57 heavy (non-hydrogen) atoms. The maximum atomic E-state index is 14.4. The van der Waals surface area contributed by atoms with Gasteiger partial charge in [-0.15, -0.1) is 0 Å². The van der Waals surface area contributed by atoms with Crippen molar-refractivity contribution in [3.05, 3.63) is 130 Å². The molecule has 12 nitrogen and oxygen atoms in total. The van der Waals surface area contributed by atoms with E-state index < -0.39 is 36.5 Å². The van der Waals surface area contributed by atoms with Gasteiger partial charge in [-0.25, -0.2) is 9.59 Å². The monoisotopic (exact) mass is 840 g/mol. The number of carbonyl (C=O) groups is 4. The number of halogens is 1. The van der Waals surface area contributed by atoms with Gasteiger partial charge >= 0.3 is 12.2 Å². The molecule has 3 N–H and O–H groups in total. The van der Waals surface area contributed by atoms with Crippen LogP contribution in [-0.4, -0.2) is 86.2 Å². The van der Waals surface area contributed by atoms with Crippen LogP contribution in [0.4, 0.5) is 9.59 Å². The summed E-state index contributed by atoms with van der Waals surface area (Å²) in [6, 6.07) is 30.2. The zero-order chi connectivity index (χ0) is 40.1. The lowest BCUT2D eigenvalue weighted by Gasteiger charge is -2.31. The van der Waals surface area contributed by atoms with Gasteiger partial charge in [0.1, 0.15) is 25.3 Å². The fourth-order valence-corrected chi connectivity index (χ4v) is 7.24. The number of ether oxygens (including phenoxy) is 4. The van der Waals surface area contributed by atoms with Crippen LogP contribution in [0.15, 0.2) is 108 Å². The molecule has 2 atom stereocenters. The first-order valence-electron chi connectivity index (χ1n) is 19.4. The maximum Gasteiger partial charge on any atom is 0.408 e. The second-order valence-corrected chi connectivity index (χ2v) is 14.8. The van der Waals surface area contributed by atoms with Crippen LogP contribution in [0.3, 0.4) is 0 Å². The first-order valence-corrected chi connectivity index (χ1v) is 20.2. The van der Waals surface area contributed by atoms with Gasteiger partial charge in [-0.3, -0.25) is 9.59 Å². The summed E-state index contributed by atoms with van der Waals surface area (Å²) in [5, 5.41) is 8.15. The third kappa shape index (κ3) is 11.4. The molecule has 4 aromatic carbocycles. The zero-order valence-electron chi connectivity index (χ0n) is 32.2. The highest BCUT2D eigenvalue weighted by atomic mass is 79.9. The van der Waals surface area contributed by atoms with Crippen LogP contribution in [0.2, 0.25) is 0 Å². The number of fused-ring (bicyclic) bond motifs is 3. The summed E-state index contributed by atoms with van der Waals surface area (Å²) in [5.41, 5.74) is 5.86. The molecule has 2 unspecified atom stereocenters. The van der Waals surface area contributed by atoms with Crippen LogP contribution in [-0.2, 0) is 41.6 Å². The van der Waals surface area contributed by atoms with Crippen LogP contribution < -0.4 is 16.0 Å². The summed E-state index contributed by atoms with van der Waals surface area (Å²) in [6.45, 7) is 4.40. The van der Waals surface area contributed by atoms with Crippen molar-refractivity contribution in [2.24, 2.45) is 0 Å². The molecule has 1 fully saturated rings. The Morgan fingerprint density at radius 3 is 1.95 bits per heavy atom. The second kappa shape index (κ2) is 20.3. The molecule has 1 saturated carbocycles. The minimum Gasteiger partial charge on any atom is -0.449 e. The van der Waals surface area contributed by atoms with E-state index in [0.29, 0.717) is 13.2 Å². The van der Waals surface area contributed by atoms with Crippen LogP contribution in [0.25, 0.3) is 11.1 Å².